The highest BCUT2D eigenvalue weighted by Gasteiger charge is 2.55. The molecule has 0 spiro atoms. The Morgan fingerprint density at radius 1 is 0.757 bits per heavy atom. The molecule has 22 nitrogen and oxygen atoms in total. The minimum absolute atomic E-state index is 0.0118. The Bertz CT molecular complexity index is 3960. The number of β-lactam (4-membered cyclic amide) rings is 1. The largest absolute Gasteiger partial charge is 0.497 e. The number of aromatic hydroxyl groups is 1. The molecular formula is C76H90N7O15S5+. The number of carboxylic acid groups (broad SMARTS) is 1. The van der Waals surface area contributed by atoms with E-state index in [9.17, 15) is 39.0 Å². The van der Waals surface area contributed by atoms with Crippen molar-refractivity contribution in [1.82, 2.24) is 19.6 Å². The molecule has 7 aromatic rings. The summed E-state index contributed by atoms with van der Waals surface area (Å²) in [4.78, 5) is 107. The third-order valence-electron chi connectivity index (χ3n) is 16.6. The lowest BCUT2D eigenvalue weighted by atomic mass is 9.77. The Kier molecular flexibility index (Phi) is 29.6. The van der Waals surface area contributed by atoms with Crippen molar-refractivity contribution in [3.8, 4) is 23.1 Å². The first-order chi connectivity index (χ1) is 49.5. The fourth-order valence-corrected chi connectivity index (χ4v) is 16.5. The van der Waals surface area contributed by atoms with Gasteiger partial charge in [0, 0.05) is 35.6 Å². The van der Waals surface area contributed by atoms with Crippen molar-refractivity contribution < 1.29 is 76.8 Å². The number of esters is 4. The Balaban J connectivity index is 0.000000699. The third kappa shape index (κ3) is 21.5. The van der Waals surface area contributed by atoms with E-state index >= 15 is 4.79 Å². The number of thioether (sulfide) groups is 3. The van der Waals surface area contributed by atoms with E-state index < -0.39 is 86.8 Å². The number of hydrogen-bond acceptors (Lipinski definition) is 23. The van der Waals surface area contributed by atoms with Gasteiger partial charge in [0.2, 0.25) is 5.88 Å². The molecule has 0 saturated carbocycles. The number of methoxy groups -OCH3 is 1. The summed E-state index contributed by atoms with van der Waals surface area (Å²) >= 11 is 4.87. The summed E-state index contributed by atoms with van der Waals surface area (Å²) < 4.78 is 32.8. The van der Waals surface area contributed by atoms with E-state index in [0.717, 1.165) is 70.0 Å². The predicted molar refractivity (Wildman–Crippen MR) is 403 cm³/mol. The zero-order valence-corrected chi connectivity index (χ0v) is 63.7. The van der Waals surface area contributed by atoms with Gasteiger partial charge in [0.1, 0.15) is 51.9 Å². The minimum atomic E-state index is -1.68. The van der Waals surface area contributed by atoms with Crippen molar-refractivity contribution in [3.63, 3.8) is 0 Å². The second kappa shape index (κ2) is 38.2. The number of anilines is 1. The number of aromatic nitrogens is 2. The molecule has 0 radical (unpaired) electrons. The van der Waals surface area contributed by atoms with Crippen LogP contribution in [0.4, 0.5) is 5.13 Å². The van der Waals surface area contributed by atoms with Crippen molar-refractivity contribution >= 4 is 111 Å². The number of amides is 2. The Hall–Kier alpha value is -8.73. The van der Waals surface area contributed by atoms with Crippen LogP contribution in [-0.2, 0) is 55.2 Å². The number of oxime groups is 1. The van der Waals surface area contributed by atoms with Gasteiger partial charge in [-0.3, -0.25) is 24.1 Å². The van der Waals surface area contributed by atoms with Gasteiger partial charge in [-0.25, -0.2) is 19.4 Å². The van der Waals surface area contributed by atoms with Gasteiger partial charge in [-0.1, -0.05) is 173 Å². The number of quaternary nitrogens is 1. The highest BCUT2D eigenvalue weighted by atomic mass is 32.2. The highest BCUT2D eigenvalue weighted by Crippen LogP contribution is 2.45. The van der Waals surface area contributed by atoms with Gasteiger partial charge in [0.05, 0.1) is 37.5 Å². The van der Waals surface area contributed by atoms with Crippen LogP contribution in [0.2, 0.25) is 0 Å². The molecule has 1 fully saturated rings. The van der Waals surface area contributed by atoms with E-state index in [1.54, 1.807) is 50.4 Å². The Labute approximate surface area is 622 Å². The number of unbranched alkanes of at least 4 members (excludes halogenated alkanes) is 4. The van der Waals surface area contributed by atoms with Crippen molar-refractivity contribution in [2.24, 2.45) is 5.16 Å². The summed E-state index contributed by atoms with van der Waals surface area (Å²) in [7, 11) is 1.51. The second-order valence-corrected chi connectivity index (χ2v) is 30.6. The first-order valence-corrected chi connectivity index (χ1v) is 38.8. The van der Waals surface area contributed by atoms with Crippen LogP contribution >= 0.6 is 58.2 Å². The van der Waals surface area contributed by atoms with Gasteiger partial charge in [-0.2, -0.15) is 4.37 Å². The number of nitrogens with zero attached hydrogens (tertiary/aromatic N) is 5. The van der Waals surface area contributed by atoms with Crippen LogP contribution in [0.3, 0.4) is 0 Å². The summed E-state index contributed by atoms with van der Waals surface area (Å²) in [5.41, 5.74) is -1.29. The molecule has 103 heavy (non-hydrogen) atoms. The van der Waals surface area contributed by atoms with Crippen LogP contribution in [0.1, 0.15) is 152 Å². The van der Waals surface area contributed by atoms with E-state index in [1.165, 1.54) is 131 Å². The van der Waals surface area contributed by atoms with Crippen molar-refractivity contribution in [3.05, 3.63) is 184 Å². The van der Waals surface area contributed by atoms with Crippen LogP contribution in [0.25, 0.3) is 0 Å². The molecule has 4 heterocycles. The fraction of sp³-hybridized carbons (Fsp3) is 0.395. The average Bonchev–Trinajstić information content (AvgIpc) is 1.15. The van der Waals surface area contributed by atoms with Crippen LogP contribution in [0.15, 0.2) is 164 Å². The number of aromatic carboxylic acids is 1. The smallest absolute Gasteiger partial charge is 0.361 e. The van der Waals surface area contributed by atoms with Crippen LogP contribution in [-0.4, -0.2) is 144 Å². The number of ether oxygens (including phenoxy) is 5. The molecule has 27 heteroatoms. The normalized spacial score (nSPS) is 14.8. The standard InChI is InChI=1S/C60H54N6O15S5.C16H36N/c1-33(67)78-43-27-26-41(28-44(43)79-34(2)68)85-56(55(75)80-59(3,4)5)81-64-46(42-32-84-58(61-42)63-60(37-16-10-7-11-17-37,38-18-12-8-13-19-38)39-20-14-9-15-21-39)50(70)62-47-51(71)66-48(54(74)77-29-35-22-24-40(76-6)25-23-35)36(30-82-52(47)66)31-83-57-45(53(72)73)49(69)65-86-57;1-5-9-13-17(14-10-6-2,15-11-7-3)16-12-8-4/h7-28,32,47,52,56H,29-31H2,1-6H3,(H,61,63)(H,62,70)(H,65,69)(H,72,73);5-16H2,1-4H3/q;+1/b64-46-;/t47-,52+,56-;/m1./s1. The fourth-order valence-electron chi connectivity index (χ4n) is 11.6. The Morgan fingerprint density at radius 2 is 1.31 bits per heavy atom. The number of carbonyl (C=O) groups is 7. The Morgan fingerprint density at radius 3 is 1.83 bits per heavy atom. The van der Waals surface area contributed by atoms with E-state index in [0.29, 0.717) is 22.0 Å². The molecule has 2 aliphatic rings. The summed E-state index contributed by atoms with van der Waals surface area (Å²) in [5.74, 6) is -6.52. The van der Waals surface area contributed by atoms with Gasteiger partial charge in [0.15, 0.2) is 22.3 Å². The zero-order valence-electron chi connectivity index (χ0n) is 59.6. The van der Waals surface area contributed by atoms with Gasteiger partial charge in [-0.05, 0) is 116 Å². The molecule has 4 N–H and O–H groups in total. The quantitative estimate of drug-likeness (QED) is 0.00330. The summed E-state index contributed by atoms with van der Waals surface area (Å²) in [6, 6.07) is 38.8. The molecule has 2 aliphatic heterocycles. The maximum Gasteiger partial charge on any atom is 0.361 e. The number of carboxylic acids is 1. The zero-order chi connectivity index (χ0) is 74.3. The number of nitrogens with one attached hydrogen (secondary N) is 2. The molecule has 2 aromatic heterocycles. The average molecular weight is 1500 g/mol. The van der Waals surface area contributed by atoms with Crippen LogP contribution in [0.5, 0.6) is 23.1 Å². The van der Waals surface area contributed by atoms with Crippen LogP contribution in [0, 0.1) is 0 Å². The van der Waals surface area contributed by atoms with Gasteiger partial charge in [0.25, 0.3) is 17.3 Å². The molecule has 0 aliphatic carbocycles. The maximum atomic E-state index is 15.1. The van der Waals surface area contributed by atoms with Gasteiger partial charge in [-0.15, -0.1) is 34.9 Å². The number of fused-ring (bicyclic) bond motifs is 1. The predicted octanol–water partition coefficient (Wildman–Crippen LogP) is 14.6. The molecular weight excluding hydrogens is 1410 g/mol. The minimum Gasteiger partial charge on any atom is -0.497 e. The number of carbonyl (C=O) groups excluding carboxylic acids is 6. The summed E-state index contributed by atoms with van der Waals surface area (Å²) in [6.07, 6.45) is 11.1. The number of thiazole rings is 1. The summed E-state index contributed by atoms with van der Waals surface area (Å²) in [5, 5.41) is 31.8. The van der Waals surface area contributed by atoms with Gasteiger partial charge < -0.3 is 53.9 Å². The van der Waals surface area contributed by atoms with Crippen LogP contribution < -0.4 is 24.8 Å². The third-order valence-corrected chi connectivity index (χ3v) is 21.9. The molecule has 1 saturated heterocycles. The highest BCUT2D eigenvalue weighted by molar-refractivity contribution is 8.02. The molecule has 548 valence electrons. The second-order valence-electron chi connectivity index (χ2n) is 25.5. The monoisotopic (exact) mass is 1500 g/mol. The molecule has 3 atom stereocenters. The van der Waals surface area contributed by atoms with E-state index in [2.05, 4.69) is 47.9 Å². The lowest BCUT2D eigenvalue weighted by Gasteiger charge is -2.49. The van der Waals surface area contributed by atoms with Crippen molar-refractivity contribution in [2.75, 3.05) is 50.1 Å². The SMILES string of the molecule is CCCC[N+](CCCC)(CCCC)CCCC.COc1ccc(COC(=O)C2=C(CSc3snc(O)c3C(=O)O)CS[C@H]3[C@H](NC(=O)/C(=N\O[C@H](Sc4ccc(OC(C)=O)c(OC(C)=O)c4)C(=O)OC(C)(C)C)c4csc(NC(c5ccccc5)(c5ccccc5)c5ccccc5)n4)C(=O)N23)cc1. The lowest BCUT2D eigenvalue weighted by Crippen LogP contribution is -2.71. The summed E-state index contributed by atoms with van der Waals surface area (Å²) in [6.45, 7) is 22.1. The first-order valence-electron chi connectivity index (χ1n) is 34.2. The number of hydrogen-bond donors (Lipinski definition) is 4. The molecule has 2 amide bonds. The molecule has 0 bridgehead atoms. The van der Waals surface area contributed by atoms with Gasteiger partial charge >= 0.3 is 29.8 Å². The molecule has 9 rings (SSSR count). The lowest BCUT2D eigenvalue weighted by molar-refractivity contribution is -0.929. The van der Waals surface area contributed by atoms with E-state index in [-0.39, 0.29) is 50.1 Å². The van der Waals surface area contributed by atoms with Crippen molar-refractivity contribution in [2.45, 2.75) is 157 Å². The number of benzene rings is 5. The maximum absolute atomic E-state index is 15.1. The van der Waals surface area contributed by atoms with E-state index in [1.807, 2.05) is 91.0 Å². The first kappa shape index (κ1) is 80.0. The molecule has 5 aromatic carbocycles. The van der Waals surface area contributed by atoms with Crippen molar-refractivity contribution in [1.29, 1.82) is 0 Å². The number of rotatable bonds is 35. The topological polar surface area (TPSA) is 281 Å². The van der Waals surface area contributed by atoms with E-state index in [4.69, 9.17) is 33.5 Å². The molecule has 0 unspecified atom stereocenters.